The van der Waals surface area contributed by atoms with Gasteiger partial charge in [-0.2, -0.15) is 0 Å². The summed E-state index contributed by atoms with van der Waals surface area (Å²) in [6.07, 6.45) is 6.94. The van der Waals surface area contributed by atoms with Crippen molar-refractivity contribution in [3.8, 4) is 5.75 Å². The quantitative estimate of drug-likeness (QED) is 0.472. The molecular weight excluding hydrogens is 298 g/mol. The van der Waals surface area contributed by atoms with Crippen molar-refractivity contribution >= 4 is 16.7 Å². The molecule has 0 atom stereocenters. The average Bonchev–Trinajstić information content (AvgIpc) is 3.03. The van der Waals surface area contributed by atoms with Crippen molar-refractivity contribution in [3.05, 3.63) is 22.2 Å². The standard InChI is InChI=1S/C16H23N3O4/c1-3-5-7-12(8-6-4-2)11-22-14-10-9-13(19(20)21)15-16(14)18-23-17-15/h9-10,12H,3-8,11H2,1-2H3. The zero-order valence-corrected chi connectivity index (χ0v) is 13.7. The summed E-state index contributed by atoms with van der Waals surface area (Å²) in [6.45, 7) is 4.94. The smallest absolute Gasteiger partial charge is 0.301 e. The van der Waals surface area contributed by atoms with Crippen molar-refractivity contribution < 1.29 is 14.3 Å². The summed E-state index contributed by atoms with van der Waals surface area (Å²) in [5.41, 5.74) is 0.317. The van der Waals surface area contributed by atoms with Crippen LogP contribution in [-0.2, 0) is 0 Å². The first-order valence-electron chi connectivity index (χ1n) is 8.19. The van der Waals surface area contributed by atoms with Crippen molar-refractivity contribution in [1.82, 2.24) is 10.3 Å². The normalized spacial score (nSPS) is 11.3. The number of benzene rings is 1. The number of hydrogen-bond acceptors (Lipinski definition) is 6. The zero-order valence-electron chi connectivity index (χ0n) is 13.7. The van der Waals surface area contributed by atoms with Gasteiger partial charge in [-0.1, -0.05) is 39.5 Å². The Balaban J connectivity index is 2.09. The van der Waals surface area contributed by atoms with Gasteiger partial charge in [0.2, 0.25) is 5.52 Å². The van der Waals surface area contributed by atoms with E-state index in [2.05, 4.69) is 28.8 Å². The summed E-state index contributed by atoms with van der Waals surface area (Å²) >= 11 is 0. The fourth-order valence-corrected chi connectivity index (χ4v) is 2.60. The Morgan fingerprint density at radius 3 is 2.43 bits per heavy atom. The number of non-ortho nitro benzene ring substituents is 1. The number of nitrogens with zero attached hydrogens (tertiary/aromatic N) is 3. The second-order valence-corrected chi connectivity index (χ2v) is 5.76. The molecule has 7 nitrogen and oxygen atoms in total. The molecule has 1 heterocycles. The van der Waals surface area contributed by atoms with E-state index < -0.39 is 4.92 Å². The highest BCUT2D eigenvalue weighted by molar-refractivity contribution is 5.88. The minimum absolute atomic E-state index is 0.123. The molecule has 23 heavy (non-hydrogen) atoms. The molecule has 0 aliphatic carbocycles. The van der Waals surface area contributed by atoms with Gasteiger partial charge in [0.1, 0.15) is 0 Å². The number of nitro benzene ring substituents is 1. The number of nitro groups is 1. The first-order chi connectivity index (χ1) is 11.2. The van der Waals surface area contributed by atoms with Crippen LogP contribution in [-0.4, -0.2) is 21.8 Å². The van der Waals surface area contributed by atoms with Gasteiger partial charge in [-0.05, 0) is 35.1 Å². The van der Waals surface area contributed by atoms with Gasteiger partial charge in [-0.25, -0.2) is 4.63 Å². The van der Waals surface area contributed by atoms with Gasteiger partial charge in [0.05, 0.1) is 11.5 Å². The van der Waals surface area contributed by atoms with E-state index in [-0.39, 0.29) is 11.2 Å². The van der Waals surface area contributed by atoms with Crippen molar-refractivity contribution in [3.63, 3.8) is 0 Å². The van der Waals surface area contributed by atoms with E-state index in [4.69, 9.17) is 4.74 Å². The Hall–Kier alpha value is -2.18. The fourth-order valence-electron chi connectivity index (χ4n) is 2.60. The van der Waals surface area contributed by atoms with E-state index in [1.165, 1.54) is 18.9 Å². The first-order valence-corrected chi connectivity index (χ1v) is 8.19. The van der Waals surface area contributed by atoms with E-state index in [0.29, 0.717) is 23.8 Å². The van der Waals surface area contributed by atoms with Crippen molar-refractivity contribution in [1.29, 1.82) is 0 Å². The lowest BCUT2D eigenvalue weighted by Gasteiger charge is -2.17. The van der Waals surface area contributed by atoms with E-state index in [0.717, 1.165) is 25.7 Å². The number of unbranched alkanes of at least 4 members (excludes halogenated alkanes) is 2. The molecule has 2 rings (SSSR count). The number of fused-ring (bicyclic) bond motifs is 1. The third kappa shape index (κ3) is 4.40. The molecule has 0 amide bonds. The molecule has 0 saturated heterocycles. The van der Waals surface area contributed by atoms with Crippen LogP contribution in [0.1, 0.15) is 52.4 Å². The van der Waals surface area contributed by atoms with Crippen LogP contribution in [0.2, 0.25) is 0 Å². The molecule has 0 unspecified atom stereocenters. The maximum absolute atomic E-state index is 11.0. The molecule has 0 fully saturated rings. The van der Waals surface area contributed by atoms with E-state index in [1.54, 1.807) is 6.07 Å². The molecule has 2 aromatic rings. The summed E-state index contributed by atoms with van der Waals surface area (Å²) in [6, 6.07) is 2.95. The lowest BCUT2D eigenvalue weighted by molar-refractivity contribution is -0.383. The molecule has 1 aromatic carbocycles. The van der Waals surface area contributed by atoms with Gasteiger partial charge in [-0.3, -0.25) is 10.1 Å². The molecular formula is C16H23N3O4. The Kier molecular flexibility index (Phi) is 6.31. The van der Waals surface area contributed by atoms with Crippen LogP contribution in [0.25, 0.3) is 11.0 Å². The lowest BCUT2D eigenvalue weighted by atomic mass is 9.97. The largest absolute Gasteiger partial charge is 0.491 e. The summed E-state index contributed by atoms with van der Waals surface area (Å²) in [7, 11) is 0. The summed E-state index contributed by atoms with van der Waals surface area (Å²) in [4.78, 5) is 10.5. The van der Waals surface area contributed by atoms with Crippen molar-refractivity contribution in [2.45, 2.75) is 52.4 Å². The highest BCUT2D eigenvalue weighted by Gasteiger charge is 2.21. The van der Waals surface area contributed by atoms with E-state index in [9.17, 15) is 10.1 Å². The van der Waals surface area contributed by atoms with Gasteiger partial charge in [-0.15, -0.1) is 0 Å². The Bertz CT molecular complexity index is 633. The first kappa shape index (κ1) is 17.2. The summed E-state index contributed by atoms with van der Waals surface area (Å²) in [5, 5.41) is 18.3. The maximum Gasteiger partial charge on any atom is 0.301 e. The van der Waals surface area contributed by atoms with Crippen LogP contribution < -0.4 is 4.74 Å². The number of ether oxygens (including phenoxy) is 1. The molecule has 0 radical (unpaired) electrons. The van der Waals surface area contributed by atoms with Gasteiger partial charge in [0, 0.05) is 6.07 Å². The Labute approximate surface area is 135 Å². The SMILES string of the molecule is CCCCC(CCCC)COc1ccc([N+](=O)[O-])c2nonc12. The molecule has 0 N–H and O–H groups in total. The highest BCUT2D eigenvalue weighted by atomic mass is 16.6. The predicted molar refractivity (Wildman–Crippen MR) is 86.5 cm³/mol. The number of hydrogen-bond donors (Lipinski definition) is 0. The average molecular weight is 321 g/mol. The van der Waals surface area contributed by atoms with Crippen molar-refractivity contribution in [2.24, 2.45) is 5.92 Å². The molecule has 0 spiro atoms. The lowest BCUT2D eigenvalue weighted by Crippen LogP contribution is -2.12. The number of aromatic nitrogens is 2. The molecule has 0 aliphatic rings. The van der Waals surface area contributed by atoms with Crippen molar-refractivity contribution in [2.75, 3.05) is 6.61 Å². The summed E-state index contributed by atoms with van der Waals surface area (Å²) < 4.78 is 10.5. The van der Waals surface area contributed by atoms with Crippen LogP contribution in [0, 0.1) is 16.0 Å². The predicted octanol–water partition coefficient (Wildman–Crippen LogP) is 4.51. The second-order valence-electron chi connectivity index (χ2n) is 5.76. The fraction of sp³-hybridized carbons (Fsp3) is 0.625. The van der Waals surface area contributed by atoms with E-state index in [1.807, 2.05) is 0 Å². The zero-order chi connectivity index (χ0) is 16.7. The Morgan fingerprint density at radius 1 is 1.17 bits per heavy atom. The van der Waals surface area contributed by atoms with E-state index >= 15 is 0 Å². The summed E-state index contributed by atoms with van der Waals surface area (Å²) in [5.74, 6) is 0.977. The Morgan fingerprint density at radius 2 is 1.83 bits per heavy atom. The van der Waals surface area contributed by atoms with Gasteiger partial charge in [0.15, 0.2) is 11.3 Å². The maximum atomic E-state index is 11.0. The topological polar surface area (TPSA) is 91.3 Å². The third-order valence-electron chi connectivity index (χ3n) is 3.96. The molecule has 126 valence electrons. The van der Waals surface area contributed by atoms with Crippen LogP contribution in [0.3, 0.4) is 0 Å². The van der Waals surface area contributed by atoms with Crippen LogP contribution in [0.4, 0.5) is 5.69 Å². The minimum atomic E-state index is -0.498. The van der Waals surface area contributed by atoms with Gasteiger partial charge >= 0.3 is 5.69 Å². The van der Waals surface area contributed by atoms with Crippen LogP contribution in [0.5, 0.6) is 5.75 Å². The van der Waals surface area contributed by atoms with Crippen LogP contribution in [0.15, 0.2) is 16.8 Å². The third-order valence-corrected chi connectivity index (χ3v) is 3.96. The minimum Gasteiger partial charge on any atom is -0.491 e. The van der Waals surface area contributed by atoms with Gasteiger partial charge < -0.3 is 4.74 Å². The second kappa shape index (κ2) is 8.45. The number of rotatable bonds is 10. The molecule has 0 aliphatic heterocycles. The van der Waals surface area contributed by atoms with Crippen LogP contribution >= 0.6 is 0 Å². The molecule has 7 heteroatoms. The molecule has 0 saturated carbocycles. The molecule has 0 bridgehead atoms. The monoisotopic (exact) mass is 321 g/mol. The van der Waals surface area contributed by atoms with Gasteiger partial charge in [0.25, 0.3) is 0 Å². The molecule has 1 aromatic heterocycles. The highest BCUT2D eigenvalue weighted by Crippen LogP contribution is 2.31.